The highest BCUT2D eigenvalue weighted by Gasteiger charge is 2.23. The zero-order valence-corrected chi connectivity index (χ0v) is 22.9. The minimum Gasteiger partial charge on any atom is -0.508 e. The summed E-state index contributed by atoms with van der Waals surface area (Å²) in [6.07, 6.45) is 5.79. The monoisotopic (exact) mass is 534 g/mol. The normalized spacial score (nSPS) is 17.7. The number of nitrogens with one attached hydrogen (secondary N) is 2. The van der Waals surface area contributed by atoms with Crippen molar-refractivity contribution in [1.29, 1.82) is 0 Å². The number of sulfonamides is 2. The van der Waals surface area contributed by atoms with Crippen molar-refractivity contribution in [3.63, 3.8) is 0 Å². The Balaban J connectivity index is 1.46. The number of allylic oxidation sites excluding steroid dienone is 2. The lowest BCUT2D eigenvalue weighted by molar-refractivity contribution is 0.334. The predicted octanol–water partition coefficient (Wildman–Crippen LogP) is 4.20. The molecule has 2 unspecified atom stereocenters. The van der Waals surface area contributed by atoms with Crippen LogP contribution in [0.3, 0.4) is 0 Å². The molecule has 2 atom stereocenters. The van der Waals surface area contributed by atoms with E-state index in [0.29, 0.717) is 31.0 Å². The van der Waals surface area contributed by atoms with Crippen molar-refractivity contribution in [2.45, 2.75) is 57.5 Å². The van der Waals surface area contributed by atoms with E-state index >= 15 is 0 Å². The summed E-state index contributed by atoms with van der Waals surface area (Å²) in [6, 6.07) is 14.4. The van der Waals surface area contributed by atoms with Gasteiger partial charge < -0.3 is 5.11 Å². The van der Waals surface area contributed by atoms with Gasteiger partial charge in [0, 0.05) is 13.1 Å². The van der Waals surface area contributed by atoms with E-state index in [1.165, 1.54) is 23.3 Å². The molecule has 0 fully saturated rings. The first kappa shape index (κ1) is 28.4. The van der Waals surface area contributed by atoms with Crippen molar-refractivity contribution in [2.75, 3.05) is 13.1 Å². The third-order valence-corrected chi connectivity index (χ3v) is 10.0. The molecule has 0 aromatic heterocycles. The van der Waals surface area contributed by atoms with E-state index in [-0.39, 0.29) is 17.4 Å². The molecule has 9 heteroatoms. The van der Waals surface area contributed by atoms with E-state index < -0.39 is 25.3 Å². The zero-order valence-electron chi connectivity index (χ0n) is 21.3. The predicted molar refractivity (Wildman–Crippen MR) is 145 cm³/mol. The molecule has 1 aliphatic rings. The maximum atomic E-state index is 12.3. The Labute approximate surface area is 216 Å². The number of phenolic OH excluding ortho intramolecular Hbond substituents is 1. The van der Waals surface area contributed by atoms with Crippen molar-refractivity contribution < 1.29 is 21.9 Å². The molecule has 0 bridgehead atoms. The third-order valence-electron chi connectivity index (χ3n) is 6.84. The molecule has 0 spiro atoms. The van der Waals surface area contributed by atoms with Gasteiger partial charge in [0.25, 0.3) is 0 Å². The lowest BCUT2D eigenvalue weighted by Gasteiger charge is -2.28. The lowest BCUT2D eigenvalue weighted by Crippen LogP contribution is -2.36. The molecule has 0 aliphatic heterocycles. The first-order valence-electron chi connectivity index (χ1n) is 12.5. The Morgan fingerprint density at radius 3 is 2.14 bits per heavy atom. The van der Waals surface area contributed by atoms with Crippen molar-refractivity contribution in [2.24, 2.45) is 11.8 Å². The fourth-order valence-electron chi connectivity index (χ4n) is 4.31. The average Bonchev–Trinajstić information content (AvgIpc) is 2.84. The van der Waals surface area contributed by atoms with Crippen molar-refractivity contribution in [1.82, 2.24) is 9.44 Å². The molecular weight excluding hydrogens is 496 g/mol. The number of phenols is 1. The van der Waals surface area contributed by atoms with Crippen molar-refractivity contribution >= 4 is 25.6 Å². The molecule has 1 aliphatic carbocycles. The van der Waals surface area contributed by atoms with Gasteiger partial charge in [0.05, 0.1) is 11.0 Å². The molecular formula is C27H38N2O5S2. The van der Waals surface area contributed by atoms with E-state index in [9.17, 15) is 21.9 Å². The van der Waals surface area contributed by atoms with Crippen LogP contribution in [0.15, 0.2) is 54.6 Å². The summed E-state index contributed by atoms with van der Waals surface area (Å²) in [5.41, 5.74) is 4.17. The summed E-state index contributed by atoms with van der Waals surface area (Å²) in [5.74, 6) is 0.718. The van der Waals surface area contributed by atoms with E-state index in [4.69, 9.17) is 0 Å². The second-order valence-electron chi connectivity index (χ2n) is 9.95. The first-order chi connectivity index (χ1) is 16.9. The van der Waals surface area contributed by atoms with Gasteiger partial charge in [-0.1, -0.05) is 49.4 Å². The molecule has 2 aromatic rings. The van der Waals surface area contributed by atoms with Crippen LogP contribution in [0.5, 0.6) is 5.75 Å². The average molecular weight is 535 g/mol. The smallest absolute Gasteiger partial charge is 0.215 e. The minimum atomic E-state index is -3.45. The van der Waals surface area contributed by atoms with Crippen LogP contribution in [0.4, 0.5) is 0 Å². The molecule has 2 aromatic carbocycles. The third kappa shape index (κ3) is 8.44. The Morgan fingerprint density at radius 2 is 1.56 bits per heavy atom. The van der Waals surface area contributed by atoms with Gasteiger partial charge in [-0.3, -0.25) is 0 Å². The van der Waals surface area contributed by atoms with Gasteiger partial charge in [0.1, 0.15) is 5.75 Å². The van der Waals surface area contributed by atoms with Crippen LogP contribution in [-0.2, 0) is 32.2 Å². The summed E-state index contributed by atoms with van der Waals surface area (Å²) in [4.78, 5) is 0. The molecule has 0 radical (unpaired) electrons. The highest BCUT2D eigenvalue weighted by atomic mass is 32.2. The Kier molecular flexibility index (Phi) is 9.74. The van der Waals surface area contributed by atoms with Crippen molar-refractivity contribution in [3.8, 4) is 5.75 Å². The Bertz CT molecular complexity index is 1240. The summed E-state index contributed by atoms with van der Waals surface area (Å²) >= 11 is 0. The van der Waals surface area contributed by atoms with Crippen molar-refractivity contribution in [3.05, 3.63) is 71.3 Å². The molecule has 0 saturated heterocycles. The highest BCUT2D eigenvalue weighted by molar-refractivity contribution is 7.90. The summed E-state index contributed by atoms with van der Waals surface area (Å²) in [5, 5.41) is 8.91. The van der Waals surface area contributed by atoms with E-state index in [0.717, 1.165) is 24.8 Å². The molecule has 0 amide bonds. The maximum Gasteiger partial charge on any atom is 0.215 e. The largest absolute Gasteiger partial charge is 0.508 e. The van der Waals surface area contributed by atoms with Crippen LogP contribution in [0.2, 0.25) is 0 Å². The summed E-state index contributed by atoms with van der Waals surface area (Å²) in [6.45, 7) is 6.28. The number of aromatic hydroxyl groups is 1. The van der Waals surface area contributed by atoms with Crippen LogP contribution in [0.1, 0.15) is 56.7 Å². The number of hydrogen-bond acceptors (Lipinski definition) is 5. The highest BCUT2D eigenvalue weighted by Crippen LogP contribution is 2.34. The molecule has 7 nitrogen and oxygen atoms in total. The second-order valence-corrected chi connectivity index (χ2v) is 14.1. The fraction of sp³-hybridized carbons (Fsp3) is 0.481. The topological polar surface area (TPSA) is 113 Å². The van der Waals surface area contributed by atoms with Gasteiger partial charge in [0.15, 0.2) is 0 Å². The van der Waals surface area contributed by atoms with Crippen LogP contribution in [0, 0.1) is 11.8 Å². The van der Waals surface area contributed by atoms with Crippen LogP contribution in [0.25, 0.3) is 5.57 Å². The van der Waals surface area contributed by atoms with Gasteiger partial charge >= 0.3 is 0 Å². The Hall–Kier alpha value is -2.20. The molecule has 36 heavy (non-hydrogen) atoms. The number of hydrogen-bond donors (Lipinski definition) is 3. The van der Waals surface area contributed by atoms with Crippen LogP contribution in [-0.4, -0.2) is 40.3 Å². The maximum absolute atomic E-state index is 12.3. The van der Waals surface area contributed by atoms with Crippen LogP contribution < -0.4 is 9.44 Å². The molecule has 198 valence electrons. The van der Waals surface area contributed by atoms with Gasteiger partial charge in [-0.05, 0) is 85.8 Å². The molecule has 3 rings (SSSR count). The van der Waals surface area contributed by atoms with E-state index in [1.807, 2.05) is 12.1 Å². The number of benzene rings is 2. The van der Waals surface area contributed by atoms with E-state index in [2.05, 4.69) is 34.6 Å². The SMILES string of the molecule is CC(CNS(=O)(=O)C(C)C)C1CC=C(c2ccc(CCNS(=O)(=O)Cc3ccc(O)cc3)cc2)CC1. The Morgan fingerprint density at radius 1 is 0.917 bits per heavy atom. The van der Waals surface area contributed by atoms with Gasteiger partial charge in [0.2, 0.25) is 20.0 Å². The van der Waals surface area contributed by atoms with Gasteiger partial charge in [-0.15, -0.1) is 0 Å². The standard InChI is InChI=1S/C27H38N2O5S2/c1-20(2)36(33,34)29-18-21(3)24-10-12-26(13-11-24)25-8-4-22(5-9-25)16-17-28-35(31,32)19-23-6-14-27(30)15-7-23/h4-9,12,14-15,20-21,24,28-30H,10-11,13,16-19H2,1-3H3. The molecule has 0 saturated carbocycles. The summed E-state index contributed by atoms with van der Waals surface area (Å²) in [7, 11) is -6.68. The second kappa shape index (κ2) is 12.4. The number of rotatable bonds is 12. The lowest BCUT2D eigenvalue weighted by atomic mass is 9.80. The summed E-state index contributed by atoms with van der Waals surface area (Å²) < 4.78 is 54.1. The fourth-order valence-corrected chi connectivity index (χ4v) is 6.29. The zero-order chi connectivity index (χ0) is 26.3. The minimum absolute atomic E-state index is 0.109. The van der Waals surface area contributed by atoms with Gasteiger partial charge in [-0.25, -0.2) is 26.3 Å². The molecule has 0 heterocycles. The van der Waals surface area contributed by atoms with E-state index in [1.54, 1.807) is 26.0 Å². The first-order valence-corrected chi connectivity index (χ1v) is 15.7. The quantitative estimate of drug-likeness (QED) is 0.378. The van der Waals surface area contributed by atoms with Crippen LogP contribution >= 0.6 is 0 Å². The van der Waals surface area contributed by atoms with Gasteiger partial charge in [-0.2, -0.15) is 0 Å². The molecule has 3 N–H and O–H groups in total.